The molecule has 0 aromatic heterocycles. The van der Waals surface area contributed by atoms with Crippen LogP contribution in [0, 0.1) is 0 Å². The molecule has 0 bridgehead atoms. The summed E-state index contributed by atoms with van der Waals surface area (Å²) < 4.78 is 10.3. The van der Waals surface area contributed by atoms with Crippen LogP contribution in [0.4, 0.5) is 4.79 Å². The number of hydrogen-bond donors (Lipinski definition) is 0. The Morgan fingerprint density at radius 2 is 1.36 bits per heavy atom. The van der Waals surface area contributed by atoms with Crippen molar-refractivity contribution in [2.45, 2.75) is 38.0 Å². The lowest BCUT2D eigenvalue weighted by Gasteiger charge is -2.21. The van der Waals surface area contributed by atoms with E-state index in [1.54, 1.807) is 12.1 Å². The fourth-order valence-electron chi connectivity index (χ4n) is 2.95. The van der Waals surface area contributed by atoms with Crippen LogP contribution in [-0.2, 0) is 0 Å². The fraction of sp³-hybridized carbons (Fsp3) is 0.316. The Balaban J connectivity index is 1.57. The van der Waals surface area contributed by atoms with Gasteiger partial charge in [-0.25, -0.2) is 4.79 Å². The third-order valence-corrected chi connectivity index (χ3v) is 4.10. The van der Waals surface area contributed by atoms with Crippen LogP contribution >= 0.6 is 0 Å². The molecule has 3 nitrogen and oxygen atoms in total. The van der Waals surface area contributed by atoms with Gasteiger partial charge in [0, 0.05) is 0 Å². The minimum Gasteiger partial charge on any atom is -0.395 e. The van der Waals surface area contributed by atoms with Gasteiger partial charge in [0.15, 0.2) is 0 Å². The Morgan fingerprint density at radius 1 is 0.773 bits per heavy atom. The molecular weight excluding hydrogens is 276 g/mol. The largest absolute Gasteiger partial charge is 0.519 e. The zero-order valence-electron chi connectivity index (χ0n) is 12.5. The second kappa shape index (κ2) is 7.12. The topological polar surface area (TPSA) is 35.5 Å². The van der Waals surface area contributed by atoms with E-state index in [2.05, 4.69) is 12.1 Å². The fourth-order valence-corrected chi connectivity index (χ4v) is 2.95. The van der Waals surface area contributed by atoms with E-state index in [0.29, 0.717) is 17.4 Å². The maximum absolute atomic E-state index is 11.7. The molecule has 1 saturated carbocycles. The van der Waals surface area contributed by atoms with E-state index in [0.717, 1.165) is 0 Å². The van der Waals surface area contributed by atoms with Gasteiger partial charge in [-0.3, -0.25) is 0 Å². The molecule has 0 radical (unpaired) electrons. The first-order valence-electron chi connectivity index (χ1n) is 7.86. The predicted octanol–water partition coefficient (Wildman–Crippen LogP) is 5.31. The molecule has 0 heterocycles. The standard InChI is InChI=1S/C19H20O3/c20-19(21-17-9-5-2-6-10-17)22-18-13-11-16(12-14-18)15-7-3-1-4-8-15/h2,5-6,9-15H,1,3-4,7-8H2. The Labute approximate surface area is 130 Å². The molecule has 0 spiro atoms. The first-order valence-corrected chi connectivity index (χ1v) is 7.86. The van der Waals surface area contributed by atoms with Crippen LogP contribution in [-0.4, -0.2) is 6.16 Å². The summed E-state index contributed by atoms with van der Waals surface area (Å²) in [5.74, 6) is 1.64. The van der Waals surface area contributed by atoms with Crippen LogP contribution in [0.5, 0.6) is 11.5 Å². The highest BCUT2D eigenvalue weighted by Gasteiger charge is 2.15. The highest BCUT2D eigenvalue weighted by molar-refractivity contribution is 5.67. The van der Waals surface area contributed by atoms with E-state index in [1.807, 2.05) is 30.3 Å². The van der Waals surface area contributed by atoms with Crippen LogP contribution in [0.2, 0.25) is 0 Å². The Morgan fingerprint density at radius 3 is 2.00 bits per heavy atom. The molecule has 1 aliphatic rings. The summed E-state index contributed by atoms with van der Waals surface area (Å²) in [6.45, 7) is 0. The van der Waals surface area contributed by atoms with Gasteiger partial charge >= 0.3 is 6.16 Å². The lowest BCUT2D eigenvalue weighted by Crippen LogP contribution is -2.13. The molecular formula is C19H20O3. The van der Waals surface area contributed by atoms with E-state index in [-0.39, 0.29) is 0 Å². The molecule has 0 unspecified atom stereocenters. The van der Waals surface area contributed by atoms with Crippen LogP contribution in [0.25, 0.3) is 0 Å². The van der Waals surface area contributed by atoms with Gasteiger partial charge in [-0.05, 0) is 48.6 Å². The van der Waals surface area contributed by atoms with Crippen molar-refractivity contribution in [3.05, 3.63) is 60.2 Å². The number of carbonyl (C=O) groups excluding carboxylic acids is 1. The normalized spacial score (nSPS) is 15.3. The lowest BCUT2D eigenvalue weighted by molar-refractivity contribution is 0.152. The van der Waals surface area contributed by atoms with Crippen LogP contribution in [0.3, 0.4) is 0 Å². The average Bonchev–Trinajstić information content (AvgIpc) is 2.57. The van der Waals surface area contributed by atoms with E-state index in [1.165, 1.54) is 37.7 Å². The van der Waals surface area contributed by atoms with Crippen molar-refractivity contribution in [1.82, 2.24) is 0 Å². The number of benzene rings is 2. The highest BCUT2D eigenvalue weighted by atomic mass is 16.7. The third-order valence-electron chi connectivity index (χ3n) is 4.10. The molecule has 1 fully saturated rings. The van der Waals surface area contributed by atoms with Gasteiger partial charge in [0.05, 0.1) is 0 Å². The summed E-state index contributed by atoms with van der Waals surface area (Å²) in [6.07, 6.45) is 5.78. The number of hydrogen-bond acceptors (Lipinski definition) is 3. The van der Waals surface area contributed by atoms with Crippen molar-refractivity contribution in [2.24, 2.45) is 0 Å². The number of ether oxygens (including phenoxy) is 2. The zero-order chi connectivity index (χ0) is 15.2. The van der Waals surface area contributed by atoms with E-state index >= 15 is 0 Å². The van der Waals surface area contributed by atoms with Gasteiger partial charge in [0.2, 0.25) is 0 Å². The second-order valence-electron chi connectivity index (χ2n) is 5.67. The van der Waals surface area contributed by atoms with Crippen molar-refractivity contribution >= 4 is 6.16 Å². The Kier molecular flexibility index (Phi) is 4.74. The van der Waals surface area contributed by atoms with Crippen molar-refractivity contribution in [3.63, 3.8) is 0 Å². The van der Waals surface area contributed by atoms with Gasteiger partial charge in [-0.2, -0.15) is 0 Å². The number of carbonyl (C=O) groups is 1. The minimum absolute atomic E-state index is 0.478. The summed E-state index contributed by atoms with van der Waals surface area (Å²) in [4.78, 5) is 11.7. The van der Waals surface area contributed by atoms with Crippen molar-refractivity contribution in [3.8, 4) is 11.5 Å². The van der Waals surface area contributed by atoms with Crippen molar-refractivity contribution in [1.29, 1.82) is 0 Å². The van der Waals surface area contributed by atoms with E-state index < -0.39 is 6.16 Å². The quantitative estimate of drug-likeness (QED) is 0.568. The molecule has 3 rings (SSSR count). The smallest absolute Gasteiger partial charge is 0.395 e. The summed E-state index contributed by atoms with van der Waals surface area (Å²) >= 11 is 0. The maximum Gasteiger partial charge on any atom is 0.519 e. The first-order chi connectivity index (χ1) is 10.8. The number of rotatable bonds is 3. The molecule has 2 aromatic carbocycles. The molecule has 0 N–H and O–H groups in total. The summed E-state index contributed by atoms with van der Waals surface area (Å²) in [6, 6.07) is 16.7. The Hall–Kier alpha value is -2.29. The van der Waals surface area contributed by atoms with Gasteiger partial charge in [-0.1, -0.05) is 49.6 Å². The van der Waals surface area contributed by atoms with Crippen molar-refractivity contribution < 1.29 is 14.3 Å². The molecule has 3 heteroatoms. The van der Waals surface area contributed by atoms with Gasteiger partial charge in [0.1, 0.15) is 11.5 Å². The average molecular weight is 296 g/mol. The molecule has 0 amide bonds. The molecule has 114 valence electrons. The monoisotopic (exact) mass is 296 g/mol. The van der Waals surface area contributed by atoms with Crippen LogP contribution in [0.1, 0.15) is 43.6 Å². The first kappa shape index (κ1) is 14.6. The SMILES string of the molecule is O=C(Oc1ccccc1)Oc1ccc(C2CCCCC2)cc1. The van der Waals surface area contributed by atoms with E-state index in [9.17, 15) is 4.79 Å². The maximum atomic E-state index is 11.7. The minimum atomic E-state index is -0.711. The molecule has 1 aliphatic carbocycles. The lowest BCUT2D eigenvalue weighted by atomic mass is 9.84. The zero-order valence-corrected chi connectivity index (χ0v) is 12.5. The second-order valence-corrected chi connectivity index (χ2v) is 5.67. The summed E-state index contributed by atoms with van der Waals surface area (Å²) in [5.41, 5.74) is 1.34. The van der Waals surface area contributed by atoms with Crippen molar-refractivity contribution in [2.75, 3.05) is 0 Å². The molecule has 0 saturated heterocycles. The van der Waals surface area contributed by atoms with E-state index in [4.69, 9.17) is 9.47 Å². The Bertz CT molecular complexity index is 598. The van der Waals surface area contributed by atoms with Crippen LogP contribution in [0.15, 0.2) is 54.6 Å². The molecule has 0 atom stereocenters. The molecule has 22 heavy (non-hydrogen) atoms. The summed E-state index contributed by atoms with van der Waals surface area (Å²) in [5, 5.41) is 0. The number of para-hydroxylation sites is 1. The molecule has 2 aromatic rings. The third kappa shape index (κ3) is 3.88. The van der Waals surface area contributed by atoms with Gasteiger partial charge < -0.3 is 9.47 Å². The predicted molar refractivity (Wildman–Crippen MR) is 85.4 cm³/mol. The summed E-state index contributed by atoms with van der Waals surface area (Å²) in [7, 11) is 0. The highest BCUT2D eigenvalue weighted by Crippen LogP contribution is 2.33. The van der Waals surface area contributed by atoms with Gasteiger partial charge in [0.25, 0.3) is 0 Å². The van der Waals surface area contributed by atoms with Gasteiger partial charge in [-0.15, -0.1) is 0 Å². The van der Waals surface area contributed by atoms with Crippen LogP contribution < -0.4 is 9.47 Å². The molecule has 0 aliphatic heterocycles.